The summed E-state index contributed by atoms with van der Waals surface area (Å²) in [6, 6.07) is 9.69. The Hall–Kier alpha value is -1.14. The van der Waals surface area contributed by atoms with Crippen molar-refractivity contribution in [2.75, 3.05) is 0 Å². The molecule has 0 heterocycles. The maximum atomic E-state index is 12.7. The fraction of sp³-hybridized carbons (Fsp3) is 0.500. The molecule has 19 heavy (non-hydrogen) atoms. The summed E-state index contributed by atoms with van der Waals surface area (Å²) in [5.74, 6) is -0.534. The van der Waals surface area contributed by atoms with Crippen LogP contribution in [0.3, 0.4) is 0 Å². The van der Waals surface area contributed by atoms with Gasteiger partial charge in [0.2, 0.25) is 0 Å². The van der Waals surface area contributed by atoms with E-state index in [-0.39, 0.29) is 11.2 Å². The van der Waals surface area contributed by atoms with E-state index in [9.17, 15) is 10.1 Å². The zero-order chi connectivity index (χ0) is 13.9. The van der Waals surface area contributed by atoms with Crippen LogP contribution < -0.4 is 0 Å². The maximum absolute atomic E-state index is 12.7. The summed E-state index contributed by atoms with van der Waals surface area (Å²) in [7, 11) is 0. The summed E-state index contributed by atoms with van der Waals surface area (Å²) >= 11 is 3.37. The molecule has 100 valence electrons. The first-order valence-corrected chi connectivity index (χ1v) is 7.55. The highest BCUT2D eigenvalue weighted by Crippen LogP contribution is 2.40. The second kappa shape index (κ2) is 5.88. The smallest absolute Gasteiger partial charge is 0.160 e. The largest absolute Gasteiger partial charge is 0.297 e. The van der Waals surface area contributed by atoms with E-state index in [1.165, 1.54) is 6.42 Å². The fourth-order valence-electron chi connectivity index (χ4n) is 2.87. The van der Waals surface area contributed by atoms with Crippen LogP contribution in [0.25, 0.3) is 0 Å². The monoisotopic (exact) mass is 319 g/mol. The van der Waals surface area contributed by atoms with Gasteiger partial charge in [-0.05, 0) is 30.5 Å². The zero-order valence-electron chi connectivity index (χ0n) is 11.2. The van der Waals surface area contributed by atoms with Crippen molar-refractivity contribution in [2.24, 2.45) is 5.41 Å². The number of halogens is 1. The van der Waals surface area contributed by atoms with Crippen LogP contribution in [0.5, 0.6) is 0 Å². The molecule has 0 saturated heterocycles. The zero-order valence-corrected chi connectivity index (χ0v) is 12.7. The topological polar surface area (TPSA) is 40.9 Å². The summed E-state index contributed by atoms with van der Waals surface area (Å²) in [4.78, 5) is 12.7. The Balaban J connectivity index is 2.24. The Morgan fingerprint density at radius 2 is 1.84 bits per heavy atom. The number of rotatable bonds is 3. The number of nitrogens with zero attached hydrogens (tertiary/aromatic N) is 1. The molecule has 1 aliphatic rings. The van der Waals surface area contributed by atoms with E-state index in [1.54, 1.807) is 0 Å². The first kappa shape index (κ1) is 14.3. The molecule has 1 aromatic carbocycles. The van der Waals surface area contributed by atoms with Gasteiger partial charge in [-0.3, -0.25) is 4.79 Å². The fourth-order valence-corrected chi connectivity index (χ4v) is 3.13. The van der Waals surface area contributed by atoms with Crippen molar-refractivity contribution >= 4 is 21.7 Å². The van der Waals surface area contributed by atoms with E-state index in [0.29, 0.717) is 0 Å². The highest BCUT2D eigenvalue weighted by molar-refractivity contribution is 9.10. The van der Waals surface area contributed by atoms with E-state index in [1.807, 2.05) is 31.2 Å². The molecule has 1 fully saturated rings. The number of nitriles is 1. The van der Waals surface area contributed by atoms with Gasteiger partial charge in [0.05, 0.1) is 6.07 Å². The summed E-state index contributed by atoms with van der Waals surface area (Å²) in [6.45, 7) is 2.03. The van der Waals surface area contributed by atoms with Crippen LogP contribution in [0.15, 0.2) is 28.7 Å². The average molecular weight is 320 g/mol. The van der Waals surface area contributed by atoms with Crippen LogP contribution in [0.4, 0.5) is 0 Å². The minimum Gasteiger partial charge on any atom is -0.297 e. The lowest BCUT2D eigenvalue weighted by atomic mass is 9.68. The normalized spacial score (nSPS) is 19.4. The molecule has 0 spiro atoms. The van der Waals surface area contributed by atoms with Crippen LogP contribution in [-0.4, -0.2) is 5.78 Å². The van der Waals surface area contributed by atoms with Crippen LogP contribution in [0, 0.1) is 16.7 Å². The van der Waals surface area contributed by atoms with Gasteiger partial charge in [-0.15, -0.1) is 0 Å². The molecule has 3 heteroatoms. The molecule has 2 nitrogen and oxygen atoms in total. The lowest BCUT2D eigenvalue weighted by molar-refractivity contribution is -0.129. The van der Waals surface area contributed by atoms with Crippen molar-refractivity contribution in [3.05, 3.63) is 34.3 Å². The molecule has 0 amide bonds. The van der Waals surface area contributed by atoms with Gasteiger partial charge in [0.1, 0.15) is 5.92 Å². The van der Waals surface area contributed by atoms with Crippen molar-refractivity contribution in [1.29, 1.82) is 5.26 Å². The standard InChI is InChI=1S/C16H18BrNO/c1-16(9-3-2-4-10-16)15(19)14(11-18)12-5-7-13(17)8-6-12/h5-8,14H,2-4,9-10H2,1H3. The summed E-state index contributed by atoms with van der Waals surface area (Å²) in [6.07, 6.45) is 5.24. The molecule has 0 aromatic heterocycles. The van der Waals surface area contributed by atoms with Crippen LogP contribution in [0.1, 0.15) is 50.5 Å². The number of benzene rings is 1. The Kier molecular flexibility index (Phi) is 4.42. The summed E-state index contributed by atoms with van der Waals surface area (Å²) < 4.78 is 0.962. The van der Waals surface area contributed by atoms with Gasteiger partial charge in [0.15, 0.2) is 5.78 Å². The Labute approximate surface area is 122 Å². The van der Waals surface area contributed by atoms with Gasteiger partial charge in [-0.25, -0.2) is 0 Å². The van der Waals surface area contributed by atoms with Gasteiger partial charge in [-0.1, -0.05) is 54.2 Å². The highest BCUT2D eigenvalue weighted by Gasteiger charge is 2.39. The van der Waals surface area contributed by atoms with Crippen molar-refractivity contribution in [2.45, 2.75) is 44.9 Å². The number of hydrogen-bond acceptors (Lipinski definition) is 2. The third kappa shape index (κ3) is 3.06. The second-order valence-electron chi connectivity index (χ2n) is 5.60. The number of hydrogen-bond donors (Lipinski definition) is 0. The van der Waals surface area contributed by atoms with E-state index in [0.717, 1.165) is 35.7 Å². The molecule has 0 N–H and O–H groups in total. The van der Waals surface area contributed by atoms with Crippen LogP contribution in [0.2, 0.25) is 0 Å². The van der Waals surface area contributed by atoms with Crippen LogP contribution in [-0.2, 0) is 4.79 Å². The minimum atomic E-state index is -0.629. The number of carbonyl (C=O) groups excluding carboxylic acids is 1. The van der Waals surface area contributed by atoms with E-state index < -0.39 is 5.92 Å². The molecule has 1 aliphatic carbocycles. The molecule has 2 rings (SSSR count). The van der Waals surface area contributed by atoms with Gasteiger partial charge < -0.3 is 0 Å². The quantitative estimate of drug-likeness (QED) is 0.817. The first-order chi connectivity index (χ1) is 9.07. The van der Waals surface area contributed by atoms with E-state index in [2.05, 4.69) is 22.0 Å². The minimum absolute atomic E-state index is 0.0945. The molecular weight excluding hydrogens is 302 g/mol. The Morgan fingerprint density at radius 1 is 1.26 bits per heavy atom. The van der Waals surface area contributed by atoms with Crippen molar-refractivity contribution in [1.82, 2.24) is 0 Å². The first-order valence-electron chi connectivity index (χ1n) is 6.76. The molecule has 1 aromatic rings. The SMILES string of the molecule is CC1(C(=O)C(C#N)c2ccc(Br)cc2)CCCCC1. The predicted octanol–water partition coefficient (Wildman–Crippen LogP) is 4.60. The van der Waals surface area contributed by atoms with Crippen molar-refractivity contribution < 1.29 is 4.79 Å². The number of ketones is 1. The third-order valence-corrected chi connectivity index (χ3v) is 4.68. The molecular formula is C16H18BrNO. The summed E-state index contributed by atoms with van der Waals surface area (Å²) in [5.41, 5.74) is 0.494. The summed E-state index contributed by atoms with van der Waals surface area (Å²) in [5, 5.41) is 9.38. The highest BCUT2D eigenvalue weighted by atomic mass is 79.9. The van der Waals surface area contributed by atoms with Crippen molar-refractivity contribution in [3.8, 4) is 6.07 Å². The molecule has 0 bridgehead atoms. The number of carbonyl (C=O) groups is 1. The lowest BCUT2D eigenvalue weighted by Gasteiger charge is -2.33. The predicted molar refractivity (Wildman–Crippen MR) is 78.7 cm³/mol. The molecule has 0 radical (unpaired) electrons. The van der Waals surface area contributed by atoms with E-state index >= 15 is 0 Å². The van der Waals surface area contributed by atoms with E-state index in [4.69, 9.17) is 0 Å². The van der Waals surface area contributed by atoms with Gasteiger partial charge in [0, 0.05) is 9.89 Å². The maximum Gasteiger partial charge on any atom is 0.160 e. The third-order valence-electron chi connectivity index (χ3n) is 4.15. The molecule has 1 unspecified atom stereocenters. The molecule has 0 aliphatic heterocycles. The average Bonchev–Trinajstić information content (AvgIpc) is 2.42. The van der Waals surface area contributed by atoms with Gasteiger partial charge >= 0.3 is 0 Å². The molecule has 1 saturated carbocycles. The number of Topliss-reactive ketones (excluding diaryl/α,β-unsaturated/α-hetero) is 1. The van der Waals surface area contributed by atoms with Gasteiger partial charge in [0.25, 0.3) is 0 Å². The van der Waals surface area contributed by atoms with Crippen LogP contribution >= 0.6 is 15.9 Å². The van der Waals surface area contributed by atoms with Crippen molar-refractivity contribution in [3.63, 3.8) is 0 Å². The van der Waals surface area contributed by atoms with Gasteiger partial charge in [-0.2, -0.15) is 5.26 Å². The Bertz CT molecular complexity index is 494. The Morgan fingerprint density at radius 3 is 2.37 bits per heavy atom. The molecule has 1 atom stereocenters. The lowest BCUT2D eigenvalue weighted by Crippen LogP contribution is -2.34. The second-order valence-corrected chi connectivity index (χ2v) is 6.51.